The van der Waals surface area contributed by atoms with Gasteiger partial charge in [-0.3, -0.25) is 14.7 Å². The highest BCUT2D eigenvalue weighted by Crippen LogP contribution is 2.32. The second kappa shape index (κ2) is 7.67. The molecule has 0 radical (unpaired) electrons. The standard InChI is InChI=1S/C20H22N6O2/c1-2-8-21-19(27)16-13-25-9-10-26(20(28)15-11-22-23-12-15)17(18(25)24-16)14-6-4-3-5-7-14/h3-7,11-13,17H,2,8-10H2,1H3,(H,21,27)(H,22,23). The summed E-state index contributed by atoms with van der Waals surface area (Å²) in [7, 11) is 0. The monoisotopic (exact) mass is 378 g/mol. The van der Waals surface area contributed by atoms with Crippen LogP contribution in [0.15, 0.2) is 48.9 Å². The first-order valence-corrected chi connectivity index (χ1v) is 9.39. The lowest BCUT2D eigenvalue weighted by molar-refractivity contribution is 0.0658. The van der Waals surface area contributed by atoms with E-state index >= 15 is 0 Å². The van der Waals surface area contributed by atoms with Gasteiger partial charge in [0.2, 0.25) is 0 Å². The number of hydrogen-bond donors (Lipinski definition) is 2. The maximum Gasteiger partial charge on any atom is 0.271 e. The molecule has 1 aliphatic heterocycles. The van der Waals surface area contributed by atoms with Crippen LogP contribution in [-0.4, -0.2) is 49.6 Å². The van der Waals surface area contributed by atoms with Crippen LogP contribution in [0.4, 0.5) is 0 Å². The van der Waals surface area contributed by atoms with Crippen molar-refractivity contribution in [3.63, 3.8) is 0 Å². The zero-order valence-corrected chi connectivity index (χ0v) is 15.6. The summed E-state index contributed by atoms with van der Waals surface area (Å²) < 4.78 is 1.97. The number of benzene rings is 1. The lowest BCUT2D eigenvalue weighted by Crippen LogP contribution is -2.42. The van der Waals surface area contributed by atoms with Gasteiger partial charge < -0.3 is 14.8 Å². The Morgan fingerprint density at radius 1 is 1.25 bits per heavy atom. The molecule has 3 aromatic rings. The smallest absolute Gasteiger partial charge is 0.271 e. The van der Waals surface area contributed by atoms with Gasteiger partial charge in [-0.15, -0.1) is 0 Å². The number of nitrogens with one attached hydrogen (secondary N) is 2. The zero-order valence-electron chi connectivity index (χ0n) is 15.6. The minimum absolute atomic E-state index is 0.117. The summed E-state index contributed by atoms with van der Waals surface area (Å²) in [5.41, 5.74) is 1.83. The van der Waals surface area contributed by atoms with Crippen LogP contribution >= 0.6 is 0 Å². The highest BCUT2D eigenvalue weighted by atomic mass is 16.2. The third-order valence-corrected chi connectivity index (χ3v) is 4.83. The molecule has 2 amide bonds. The van der Waals surface area contributed by atoms with Crippen molar-refractivity contribution in [3.8, 4) is 0 Å². The fourth-order valence-electron chi connectivity index (χ4n) is 3.47. The van der Waals surface area contributed by atoms with E-state index in [0.29, 0.717) is 36.7 Å². The highest BCUT2D eigenvalue weighted by Gasteiger charge is 2.35. The van der Waals surface area contributed by atoms with E-state index in [4.69, 9.17) is 0 Å². The molecular weight excluding hydrogens is 356 g/mol. The molecule has 0 aliphatic carbocycles. The number of rotatable bonds is 5. The number of amides is 2. The Morgan fingerprint density at radius 3 is 2.79 bits per heavy atom. The van der Waals surface area contributed by atoms with E-state index in [-0.39, 0.29) is 17.9 Å². The molecule has 0 saturated carbocycles. The lowest BCUT2D eigenvalue weighted by atomic mass is 10.0. The summed E-state index contributed by atoms with van der Waals surface area (Å²) in [6, 6.07) is 9.39. The maximum atomic E-state index is 13.1. The van der Waals surface area contributed by atoms with Crippen molar-refractivity contribution in [3.05, 3.63) is 71.6 Å². The van der Waals surface area contributed by atoms with E-state index in [2.05, 4.69) is 20.5 Å². The van der Waals surface area contributed by atoms with Crippen LogP contribution in [-0.2, 0) is 6.54 Å². The molecule has 2 aromatic heterocycles. The van der Waals surface area contributed by atoms with Crippen LogP contribution in [0.1, 0.15) is 51.6 Å². The fourth-order valence-corrected chi connectivity index (χ4v) is 3.47. The van der Waals surface area contributed by atoms with Crippen LogP contribution < -0.4 is 5.32 Å². The number of hydrogen-bond acceptors (Lipinski definition) is 4. The number of fused-ring (bicyclic) bond motifs is 1. The van der Waals surface area contributed by atoms with E-state index in [1.54, 1.807) is 17.3 Å². The Balaban J connectivity index is 1.73. The molecule has 1 unspecified atom stereocenters. The van der Waals surface area contributed by atoms with Gasteiger partial charge in [0.25, 0.3) is 11.8 Å². The topological polar surface area (TPSA) is 95.9 Å². The Bertz CT molecular complexity index is 964. The van der Waals surface area contributed by atoms with Gasteiger partial charge in [-0.05, 0) is 12.0 Å². The van der Waals surface area contributed by atoms with E-state index in [1.807, 2.05) is 41.8 Å². The second-order valence-electron chi connectivity index (χ2n) is 6.73. The van der Waals surface area contributed by atoms with Crippen molar-refractivity contribution >= 4 is 11.8 Å². The molecule has 2 N–H and O–H groups in total. The predicted octanol–water partition coefficient (Wildman–Crippen LogP) is 1.99. The van der Waals surface area contributed by atoms with Crippen molar-refractivity contribution in [1.29, 1.82) is 0 Å². The average Bonchev–Trinajstić information content (AvgIpc) is 3.41. The summed E-state index contributed by atoms with van der Waals surface area (Å²) in [6.45, 7) is 3.71. The van der Waals surface area contributed by atoms with E-state index < -0.39 is 0 Å². The van der Waals surface area contributed by atoms with Crippen molar-refractivity contribution in [2.24, 2.45) is 0 Å². The molecule has 8 heteroatoms. The minimum Gasteiger partial charge on any atom is -0.351 e. The van der Waals surface area contributed by atoms with Crippen molar-refractivity contribution in [1.82, 2.24) is 30.0 Å². The van der Waals surface area contributed by atoms with Crippen molar-refractivity contribution in [2.45, 2.75) is 25.9 Å². The Kier molecular flexibility index (Phi) is 4.92. The van der Waals surface area contributed by atoms with Gasteiger partial charge in [0.1, 0.15) is 17.6 Å². The summed E-state index contributed by atoms with van der Waals surface area (Å²) in [6.07, 6.45) is 5.75. The number of carbonyl (C=O) groups is 2. The molecular formula is C20H22N6O2. The number of nitrogens with zero attached hydrogens (tertiary/aromatic N) is 4. The summed E-state index contributed by atoms with van der Waals surface area (Å²) >= 11 is 0. The first-order valence-electron chi connectivity index (χ1n) is 9.39. The van der Waals surface area contributed by atoms with Gasteiger partial charge in [0, 0.05) is 32.0 Å². The van der Waals surface area contributed by atoms with Crippen LogP contribution in [0.5, 0.6) is 0 Å². The molecule has 1 aliphatic rings. The average molecular weight is 378 g/mol. The van der Waals surface area contributed by atoms with Gasteiger partial charge in [-0.2, -0.15) is 5.10 Å². The Hall–Kier alpha value is -3.42. The first kappa shape index (κ1) is 18.0. The summed E-state index contributed by atoms with van der Waals surface area (Å²) in [5.74, 6) is 0.382. The summed E-state index contributed by atoms with van der Waals surface area (Å²) in [5, 5.41) is 9.44. The Labute approximate surface area is 162 Å². The van der Waals surface area contributed by atoms with Crippen LogP contribution in [0.25, 0.3) is 0 Å². The third kappa shape index (κ3) is 3.28. The molecule has 4 rings (SSSR count). The number of aromatic amines is 1. The minimum atomic E-state index is -0.370. The number of H-pyrrole nitrogens is 1. The molecule has 0 saturated heterocycles. The van der Waals surface area contributed by atoms with E-state index in [9.17, 15) is 9.59 Å². The molecule has 0 spiro atoms. The van der Waals surface area contributed by atoms with Gasteiger partial charge in [-0.25, -0.2) is 4.98 Å². The van der Waals surface area contributed by atoms with Gasteiger partial charge in [0.05, 0.1) is 11.8 Å². The van der Waals surface area contributed by atoms with E-state index in [1.165, 1.54) is 6.20 Å². The van der Waals surface area contributed by atoms with E-state index in [0.717, 1.165) is 12.0 Å². The summed E-state index contributed by atoms with van der Waals surface area (Å²) in [4.78, 5) is 31.9. The van der Waals surface area contributed by atoms with Crippen molar-refractivity contribution in [2.75, 3.05) is 13.1 Å². The molecule has 0 bridgehead atoms. The van der Waals surface area contributed by atoms with Crippen molar-refractivity contribution < 1.29 is 9.59 Å². The highest BCUT2D eigenvalue weighted by molar-refractivity contribution is 5.94. The lowest BCUT2D eigenvalue weighted by Gasteiger charge is -2.36. The number of carbonyl (C=O) groups excluding carboxylic acids is 2. The molecule has 144 valence electrons. The fraction of sp³-hybridized carbons (Fsp3) is 0.300. The molecule has 1 aromatic carbocycles. The van der Waals surface area contributed by atoms with Gasteiger partial charge >= 0.3 is 0 Å². The maximum absolute atomic E-state index is 13.1. The van der Waals surface area contributed by atoms with Gasteiger partial charge in [-0.1, -0.05) is 37.3 Å². The number of aromatic nitrogens is 4. The largest absolute Gasteiger partial charge is 0.351 e. The Morgan fingerprint density at radius 2 is 2.07 bits per heavy atom. The second-order valence-corrected chi connectivity index (χ2v) is 6.73. The van der Waals surface area contributed by atoms with Gasteiger partial charge in [0.15, 0.2) is 0 Å². The van der Waals surface area contributed by atoms with Crippen LogP contribution in [0, 0.1) is 0 Å². The van der Waals surface area contributed by atoms with Crippen LogP contribution in [0.2, 0.25) is 0 Å². The normalized spacial score (nSPS) is 15.9. The number of imidazole rings is 1. The molecule has 8 nitrogen and oxygen atoms in total. The van der Waals surface area contributed by atoms with Crippen LogP contribution in [0.3, 0.4) is 0 Å². The first-order chi connectivity index (χ1) is 13.7. The molecule has 28 heavy (non-hydrogen) atoms. The zero-order chi connectivity index (χ0) is 19.5. The predicted molar refractivity (Wildman–Crippen MR) is 103 cm³/mol. The molecule has 0 fully saturated rings. The molecule has 1 atom stereocenters. The molecule has 3 heterocycles. The quantitative estimate of drug-likeness (QED) is 0.710. The third-order valence-electron chi connectivity index (χ3n) is 4.83. The SMILES string of the molecule is CCCNC(=O)c1cn2c(n1)C(c1ccccc1)N(C(=O)c1cn[nH]c1)CC2.